The van der Waals surface area contributed by atoms with Gasteiger partial charge >= 0.3 is 0 Å². The second kappa shape index (κ2) is 9.77. The summed E-state index contributed by atoms with van der Waals surface area (Å²) in [6.45, 7) is 8.83. The van der Waals surface area contributed by atoms with E-state index < -0.39 is 0 Å². The molecule has 0 aliphatic rings. The predicted octanol–water partition coefficient (Wildman–Crippen LogP) is 2.36. The Labute approximate surface area is 129 Å². The number of rotatable bonds is 10. The summed E-state index contributed by atoms with van der Waals surface area (Å²) >= 11 is 0. The van der Waals surface area contributed by atoms with Gasteiger partial charge in [-0.2, -0.15) is 0 Å². The number of likely N-dealkylation sites (N-methyl/N-ethyl adjacent to an activating group) is 1. The van der Waals surface area contributed by atoms with Crippen LogP contribution in [0.5, 0.6) is 5.75 Å². The summed E-state index contributed by atoms with van der Waals surface area (Å²) in [6.07, 6.45) is 1.04. The first kappa shape index (κ1) is 18.0. The maximum Gasteiger partial charge on any atom is 0.119 e. The van der Waals surface area contributed by atoms with E-state index in [0.29, 0.717) is 12.6 Å². The molecule has 0 saturated carbocycles. The molecule has 4 nitrogen and oxygen atoms in total. The molecule has 0 amide bonds. The van der Waals surface area contributed by atoms with Crippen LogP contribution in [0, 0.1) is 0 Å². The molecule has 21 heavy (non-hydrogen) atoms. The largest absolute Gasteiger partial charge is 0.494 e. The van der Waals surface area contributed by atoms with Crippen molar-refractivity contribution in [3.8, 4) is 5.75 Å². The SMILES string of the molecule is CCN(CC)C(CN)c1ccc(OCCCN(C)C)cc1. The van der Waals surface area contributed by atoms with Crippen LogP contribution in [0.1, 0.15) is 31.9 Å². The molecule has 0 aromatic heterocycles. The molecule has 0 fully saturated rings. The van der Waals surface area contributed by atoms with E-state index in [2.05, 4.69) is 62.0 Å². The second-order valence-electron chi connectivity index (χ2n) is 5.55. The fraction of sp³-hybridized carbons (Fsp3) is 0.647. The third kappa shape index (κ3) is 6.04. The quantitative estimate of drug-likeness (QED) is 0.673. The minimum atomic E-state index is 0.294. The van der Waals surface area contributed by atoms with Crippen molar-refractivity contribution in [2.45, 2.75) is 26.3 Å². The van der Waals surface area contributed by atoms with Crippen LogP contribution >= 0.6 is 0 Å². The highest BCUT2D eigenvalue weighted by molar-refractivity contribution is 5.29. The lowest BCUT2D eigenvalue weighted by molar-refractivity contribution is 0.224. The first-order valence-corrected chi connectivity index (χ1v) is 7.93. The van der Waals surface area contributed by atoms with Crippen LogP contribution in [0.3, 0.4) is 0 Å². The van der Waals surface area contributed by atoms with Crippen LogP contribution in [-0.2, 0) is 0 Å². The van der Waals surface area contributed by atoms with Crippen LogP contribution in [0.4, 0.5) is 0 Å². The van der Waals surface area contributed by atoms with Gasteiger partial charge in [-0.1, -0.05) is 26.0 Å². The molecule has 0 aliphatic carbocycles. The molecule has 1 unspecified atom stereocenters. The molecule has 120 valence electrons. The van der Waals surface area contributed by atoms with E-state index in [9.17, 15) is 0 Å². The van der Waals surface area contributed by atoms with Gasteiger partial charge in [-0.15, -0.1) is 0 Å². The molecule has 0 heterocycles. The zero-order valence-corrected chi connectivity index (χ0v) is 14.0. The highest BCUT2D eigenvalue weighted by Gasteiger charge is 2.15. The van der Waals surface area contributed by atoms with E-state index in [1.54, 1.807) is 0 Å². The van der Waals surface area contributed by atoms with Crippen molar-refractivity contribution in [3.63, 3.8) is 0 Å². The van der Waals surface area contributed by atoms with Crippen LogP contribution < -0.4 is 10.5 Å². The summed E-state index contributed by atoms with van der Waals surface area (Å²) in [7, 11) is 4.16. The van der Waals surface area contributed by atoms with Gasteiger partial charge in [0.2, 0.25) is 0 Å². The fourth-order valence-electron chi connectivity index (χ4n) is 2.52. The van der Waals surface area contributed by atoms with E-state index >= 15 is 0 Å². The second-order valence-corrected chi connectivity index (χ2v) is 5.55. The van der Waals surface area contributed by atoms with Gasteiger partial charge in [-0.25, -0.2) is 0 Å². The maximum absolute atomic E-state index is 5.94. The Morgan fingerprint density at radius 3 is 2.19 bits per heavy atom. The lowest BCUT2D eigenvalue weighted by Gasteiger charge is -2.29. The minimum absolute atomic E-state index is 0.294. The average molecular weight is 293 g/mol. The Kier molecular flexibility index (Phi) is 8.35. The van der Waals surface area contributed by atoms with Gasteiger partial charge in [0, 0.05) is 19.1 Å². The van der Waals surface area contributed by atoms with Crippen molar-refractivity contribution in [1.29, 1.82) is 0 Å². The van der Waals surface area contributed by atoms with Crippen LogP contribution in [0.15, 0.2) is 24.3 Å². The normalized spacial score (nSPS) is 12.9. The lowest BCUT2D eigenvalue weighted by Crippen LogP contribution is -2.33. The zero-order valence-electron chi connectivity index (χ0n) is 14.0. The Hall–Kier alpha value is -1.10. The van der Waals surface area contributed by atoms with Crippen LogP contribution in [-0.4, -0.2) is 56.7 Å². The zero-order chi connectivity index (χ0) is 15.7. The standard InChI is InChI=1S/C17H31N3O/c1-5-20(6-2)17(14-18)15-8-10-16(11-9-15)21-13-7-12-19(3)4/h8-11,17H,5-7,12-14,18H2,1-4H3. The van der Waals surface area contributed by atoms with Gasteiger partial charge in [0.15, 0.2) is 0 Å². The molecule has 1 aromatic rings. The Balaban J connectivity index is 2.55. The van der Waals surface area contributed by atoms with Gasteiger partial charge in [-0.3, -0.25) is 4.90 Å². The summed E-state index contributed by atoms with van der Waals surface area (Å²) in [5.74, 6) is 0.938. The van der Waals surface area contributed by atoms with Crippen molar-refractivity contribution < 1.29 is 4.74 Å². The summed E-state index contributed by atoms with van der Waals surface area (Å²) in [6, 6.07) is 8.67. The highest BCUT2D eigenvalue weighted by atomic mass is 16.5. The van der Waals surface area contributed by atoms with E-state index in [-0.39, 0.29) is 0 Å². The molecular weight excluding hydrogens is 262 g/mol. The molecule has 0 aliphatic heterocycles. The summed E-state index contributed by atoms with van der Waals surface area (Å²) in [5.41, 5.74) is 7.21. The average Bonchev–Trinajstić information content (AvgIpc) is 2.49. The van der Waals surface area contributed by atoms with E-state index in [1.807, 2.05) is 0 Å². The first-order valence-electron chi connectivity index (χ1n) is 7.93. The summed E-state index contributed by atoms with van der Waals surface area (Å²) in [4.78, 5) is 4.55. The topological polar surface area (TPSA) is 41.7 Å². The number of nitrogens with two attached hydrogens (primary N) is 1. The first-order chi connectivity index (χ1) is 10.1. The predicted molar refractivity (Wildman–Crippen MR) is 89.8 cm³/mol. The van der Waals surface area contributed by atoms with Gasteiger partial charge < -0.3 is 15.4 Å². The van der Waals surface area contributed by atoms with Crippen molar-refractivity contribution >= 4 is 0 Å². The molecule has 4 heteroatoms. The molecule has 0 bridgehead atoms. The number of hydrogen-bond acceptors (Lipinski definition) is 4. The molecule has 1 aromatic carbocycles. The number of nitrogens with zero attached hydrogens (tertiary/aromatic N) is 2. The summed E-state index contributed by atoms with van der Waals surface area (Å²) in [5, 5.41) is 0. The van der Waals surface area contributed by atoms with Gasteiger partial charge in [-0.05, 0) is 51.3 Å². The minimum Gasteiger partial charge on any atom is -0.494 e. The summed E-state index contributed by atoms with van der Waals surface area (Å²) < 4.78 is 5.77. The molecule has 2 N–H and O–H groups in total. The highest BCUT2D eigenvalue weighted by Crippen LogP contribution is 2.22. The van der Waals surface area contributed by atoms with Crippen molar-refractivity contribution in [2.75, 3.05) is 46.9 Å². The van der Waals surface area contributed by atoms with Gasteiger partial charge in [0.25, 0.3) is 0 Å². The fourth-order valence-corrected chi connectivity index (χ4v) is 2.52. The van der Waals surface area contributed by atoms with Crippen LogP contribution in [0.2, 0.25) is 0 Å². The Morgan fingerprint density at radius 1 is 1.10 bits per heavy atom. The van der Waals surface area contributed by atoms with Gasteiger partial charge in [0.1, 0.15) is 5.75 Å². The maximum atomic E-state index is 5.94. The third-order valence-electron chi connectivity index (χ3n) is 3.76. The Bertz CT molecular complexity index is 374. The number of ether oxygens (including phenoxy) is 1. The van der Waals surface area contributed by atoms with E-state index in [0.717, 1.165) is 38.4 Å². The molecule has 1 atom stereocenters. The third-order valence-corrected chi connectivity index (χ3v) is 3.76. The molecule has 0 spiro atoms. The lowest BCUT2D eigenvalue weighted by atomic mass is 10.1. The molecule has 1 rings (SSSR count). The molecule has 0 saturated heterocycles. The molecule has 0 radical (unpaired) electrons. The number of hydrogen-bond donors (Lipinski definition) is 1. The molecular formula is C17H31N3O. The van der Waals surface area contributed by atoms with Crippen molar-refractivity contribution in [1.82, 2.24) is 9.80 Å². The van der Waals surface area contributed by atoms with Crippen molar-refractivity contribution in [2.24, 2.45) is 5.73 Å². The van der Waals surface area contributed by atoms with E-state index in [1.165, 1.54) is 5.56 Å². The smallest absolute Gasteiger partial charge is 0.119 e. The monoisotopic (exact) mass is 293 g/mol. The number of benzene rings is 1. The Morgan fingerprint density at radius 2 is 1.71 bits per heavy atom. The van der Waals surface area contributed by atoms with E-state index in [4.69, 9.17) is 10.5 Å². The van der Waals surface area contributed by atoms with Crippen LogP contribution in [0.25, 0.3) is 0 Å². The van der Waals surface area contributed by atoms with Gasteiger partial charge in [0.05, 0.1) is 6.61 Å². The van der Waals surface area contributed by atoms with Crippen molar-refractivity contribution in [3.05, 3.63) is 29.8 Å².